The number of carbonyl (C=O) groups is 2. The van der Waals surface area contributed by atoms with E-state index in [1.165, 1.54) is 50.5 Å². The maximum Gasteiger partial charge on any atom is 0.339 e. The third-order valence-electron chi connectivity index (χ3n) is 4.51. The number of nitrogens with one attached hydrogen (secondary N) is 1. The average Bonchev–Trinajstić information content (AvgIpc) is 2.62. The molecule has 1 aromatic rings. The van der Waals surface area contributed by atoms with Gasteiger partial charge in [0.2, 0.25) is 0 Å². The predicted octanol–water partition coefficient (Wildman–Crippen LogP) is 3.46. The first kappa shape index (κ1) is 19.6. The third-order valence-corrected chi connectivity index (χ3v) is 4.51. The molecule has 1 atom stereocenters. The van der Waals surface area contributed by atoms with Gasteiger partial charge in [0.25, 0.3) is 11.6 Å². The van der Waals surface area contributed by atoms with Crippen molar-refractivity contribution in [2.45, 2.75) is 52.1 Å². The molecule has 0 spiro atoms. The van der Waals surface area contributed by atoms with Crippen LogP contribution in [0.5, 0.6) is 0 Å². The lowest BCUT2D eigenvalue weighted by atomic mass is 9.97. The van der Waals surface area contributed by atoms with Crippen molar-refractivity contribution in [2.75, 3.05) is 6.54 Å². The van der Waals surface area contributed by atoms with Gasteiger partial charge < -0.3 is 10.1 Å². The van der Waals surface area contributed by atoms with Crippen molar-refractivity contribution >= 4 is 17.6 Å². The Hall–Kier alpha value is -2.70. The Labute approximate surface area is 152 Å². The summed E-state index contributed by atoms with van der Waals surface area (Å²) in [7, 11) is 0. The lowest BCUT2D eigenvalue weighted by molar-refractivity contribution is -0.385. The van der Waals surface area contributed by atoms with Gasteiger partial charge in [0, 0.05) is 18.2 Å². The smallest absolute Gasteiger partial charge is 0.339 e. The quantitative estimate of drug-likeness (QED) is 0.347. The number of ether oxygens (including phenoxy) is 1. The van der Waals surface area contributed by atoms with Crippen LogP contribution < -0.4 is 5.32 Å². The van der Waals surface area contributed by atoms with Crippen molar-refractivity contribution in [3.8, 4) is 0 Å². The fourth-order valence-electron chi connectivity index (χ4n) is 2.94. The molecule has 0 aliphatic heterocycles. The molecule has 7 nitrogen and oxygen atoms in total. The summed E-state index contributed by atoms with van der Waals surface area (Å²) < 4.78 is 5.17. The molecule has 0 heterocycles. The number of nitrogens with zero attached hydrogens (tertiary/aromatic N) is 1. The van der Waals surface area contributed by atoms with E-state index < -0.39 is 17.0 Å². The molecule has 140 valence electrons. The largest absolute Gasteiger partial charge is 0.449 e. The van der Waals surface area contributed by atoms with Crippen molar-refractivity contribution in [1.29, 1.82) is 0 Å². The first-order valence-corrected chi connectivity index (χ1v) is 8.80. The molecule has 0 bridgehead atoms. The van der Waals surface area contributed by atoms with E-state index in [9.17, 15) is 19.7 Å². The number of benzene rings is 1. The third kappa shape index (κ3) is 5.15. The van der Waals surface area contributed by atoms with Crippen LogP contribution in [-0.4, -0.2) is 29.4 Å². The molecular weight excluding hydrogens is 336 g/mol. The molecule has 0 saturated carbocycles. The van der Waals surface area contributed by atoms with Gasteiger partial charge in [-0.05, 0) is 52.0 Å². The van der Waals surface area contributed by atoms with E-state index in [4.69, 9.17) is 4.74 Å². The normalized spacial score (nSPS) is 14.9. The fourth-order valence-corrected chi connectivity index (χ4v) is 2.94. The van der Waals surface area contributed by atoms with E-state index in [-0.39, 0.29) is 22.7 Å². The summed E-state index contributed by atoms with van der Waals surface area (Å²) in [6.07, 6.45) is 6.64. The number of nitro groups is 1. The molecule has 1 N–H and O–H groups in total. The van der Waals surface area contributed by atoms with Gasteiger partial charge in [-0.15, -0.1) is 0 Å². The van der Waals surface area contributed by atoms with Crippen molar-refractivity contribution in [2.24, 2.45) is 0 Å². The Morgan fingerprint density at radius 2 is 2.12 bits per heavy atom. The second-order valence-electron chi connectivity index (χ2n) is 6.40. The van der Waals surface area contributed by atoms with Gasteiger partial charge in [0.1, 0.15) is 0 Å². The zero-order valence-corrected chi connectivity index (χ0v) is 15.1. The predicted molar refractivity (Wildman–Crippen MR) is 96.9 cm³/mol. The topological polar surface area (TPSA) is 98.5 Å². The molecule has 0 unspecified atom stereocenters. The zero-order valence-electron chi connectivity index (χ0n) is 15.1. The summed E-state index contributed by atoms with van der Waals surface area (Å²) in [6, 6.07) is 4.19. The van der Waals surface area contributed by atoms with Crippen molar-refractivity contribution in [3.63, 3.8) is 0 Å². The number of amides is 1. The van der Waals surface area contributed by atoms with Crippen molar-refractivity contribution in [3.05, 3.63) is 51.1 Å². The lowest BCUT2D eigenvalue weighted by Gasteiger charge is -2.16. The molecule has 7 heteroatoms. The Morgan fingerprint density at radius 3 is 2.77 bits per heavy atom. The Morgan fingerprint density at radius 1 is 1.35 bits per heavy atom. The highest BCUT2D eigenvalue weighted by Crippen LogP contribution is 2.22. The molecular formula is C19H24N2O5. The molecule has 26 heavy (non-hydrogen) atoms. The van der Waals surface area contributed by atoms with E-state index in [2.05, 4.69) is 11.4 Å². The average molecular weight is 360 g/mol. The molecule has 0 aromatic heterocycles. The number of allylic oxidation sites excluding steroid dienone is 1. The minimum Gasteiger partial charge on any atom is -0.449 e. The van der Waals surface area contributed by atoms with Crippen LogP contribution in [0.25, 0.3) is 0 Å². The molecule has 1 aliphatic carbocycles. The highest BCUT2D eigenvalue weighted by molar-refractivity contribution is 5.94. The van der Waals surface area contributed by atoms with Gasteiger partial charge in [-0.3, -0.25) is 14.9 Å². The van der Waals surface area contributed by atoms with E-state index >= 15 is 0 Å². The summed E-state index contributed by atoms with van der Waals surface area (Å²) in [5, 5.41) is 13.7. The van der Waals surface area contributed by atoms with E-state index in [1.54, 1.807) is 0 Å². The highest BCUT2D eigenvalue weighted by atomic mass is 16.6. The number of carbonyl (C=O) groups excluding carboxylic acids is 2. The van der Waals surface area contributed by atoms with Crippen LogP contribution in [0, 0.1) is 17.0 Å². The first-order valence-electron chi connectivity index (χ1n) is 8.80. The zero-order chi connectivity index (χ0) is 19.1. The van der Waals surface area contributed by atoms with Gasteiger partial charge in [0.05, 0.1) is 10.5 Å². The summed E-state index contributed by atoms with van der Waals surface area (Å²) >= 11 is 0. The second-order valence-corrected chi connectivity index (χ2v) is 6.40. The number of hydrogen-bond donors (Lipinski definition) is 1. The Kier molecular flexibility index (Phi) is 6.89. The summed E-state index contributed by atoms with van der Waals surface area (Å²) in [6.45, 7) is 3.47. The number of nitro benzene ring substituents is 1. The van der Waals surface area contributed by atoms with Crippen molar-refractivity contribution in [1.82, 2.24) is 5.32 Å². The second kappa shape index (κ2) is 9.12. The Balaban J connectivity index is 1.88. The summed E-state index contributed by atoms with van der Waals surface area (Å²) in [5.74, 6) is -1.12. The molecule has 2 rings (SSSR count). The Bertz CT molecular complexity index is 727. The monoisotopic (exact) mass is 360 g/mol. The van der Waals surface area contributed by atoms with E-state index in [0.717, 1.165) is 19.3 Å². The maximum atomic E-state index is 12.2. The van der Waals surface area contributed by atoms with Gasteiger partial charge in [-0.2, -0.15) is 0 Å². The SMILES string of the molecule is Cc1c(C(=O)O[C@@H](C)C(=O)NCCC2=CCCCC2)cccc1[N+](=O)[O-]. The van der Waals surface area contributed by atoms with Crippen LogP contribution in [0.3, 0.4) is 0 Å². The molecule has 1 aromatic carbocycles. The highest BCUT2D eigenvalue weighted by Gasteiger charge is 2.23. The van der Waals surface area contributed by atoms with Gasteiger partial charge >= 0.3 is 5.97 Å². The van der Waals surface area contributed by atoms with Gasteiger partial charge in [-0.1, -0.05) is 17.7 Å². The first-order chi connectivity index (χ1) is 12.4. The van der Waals surface area contributed by atoms with E-state index in [0.29, 0.717) is 6.54 Å². The van der Waals surface area contributed by atoms with Crippen LogP contribution in [0.15, 0.2) is 29.8 Å². The number of esters is 1. The summed E-state index contributed by atoms with van der Waals surface area (Å²) in [5.41, 5.74) is 1.51. The van der Waals surface area contributed by atoms with Crippen LogP contribution in [0.1, 0.15) is 54.9 Å². The molecule has 1 amide bonds. The molecule has 0 radical (unpaired) electrons. The molecule has 0 fully saturated rings. The van der Waals surface area contributed by atoms with Crippen LogP contribution in [0.2, 0.25) is 0 Å². The summed E-state index contributed by atoms with van der Waals surface area (Å²) in [4.78, 5) is 34.7. The number of hydrogen-bond acceptors (Lipinski definition) is 5. The van der Waals surface area contributed by atoms with Crippen molar-refractivity contribution < 1.29 is 19.2 Å². The minimum absolute atomic E-state index is 0.0891. The molecule has 0 saturated heterocycles. The lowest BCUT2D eigenvalue weighted by Crippen LogP contribution is -2.36. The maximum absolute atomic E-state index is 12.2. The van der Waals surface area contributed by atoms with E-state index in [1.807, 2.05) is 0 Å². The van der Waals surface area contributed by atoms with Gasteiger partial charge in [0.15, 0.2) is 6.10 Å². The standard InChI is InChI=1S/C19H24N2O5/c1-13-16(9-6-10-17(13)21(24)25)19(23)26-14(2)18(22)20-12-11-15-7-4-3-5-8-15/h6-7,9-10,14H,3-5,8,11-12H2,1-2H3,(H,20,22)/t14-/m0/s1. The van der Waals surface area contributed by atoms with Gasteiger partial charge in [-0.25, -0.2) is 4.79 Å². The molecule has 1 aliphatic rings. The van der Waals surface area contributed by atoms with Crippen LogP contribution in [-0.2, 0) is 9.53 Å². The van der Waals surface area contributed by atoms with Crippen LogP contribution >= 0.6 is 0 Å². The minimum atomic E-state index is -0.971. The van der Waals surface area contributed by atoms with Crippen LogP contribution in [0.4, 0.5) is 5.69 Å². The fraction of sp³-hybridized carbons (Fsp3) is 0.474. The number of rotatable bonds is 7.